The molecule has 2 aromatic carbocycles. The molecule has 0 aliphatic heterocycles. The zero-order valence-corrected chi connectivity index (χ0v) is 11.9. The first-order chi connectivity index (χ1) is 9.06. The first kappa shape index (κ1) is 15.7. The van der Waals surface area contributed by atoms with Crippen LogP contribution in [0.3, 0.4) is 0 Å². The van der Waals surface area contributed by atoms with Crippen LogP contribution in [0.4, 0.5) is 0 Å². The van der Waals surface area contributed by atoms with Crippen molar-refractivity contribution in [3.8, 4) is 0 Å². The summed E-state index contributed by atoms with van der Waals surface area (Å²) in [5.41, 5.74) is 7.49. The molecule has 0 fully saturated rings. The lowest BCUT2D eigenvalue weighted by atomic mass is 9.98. The third kappa shape index (κ3) is 3.80. The molecule has 0 amide bonds. The largest absolute Gasteiger partial charge is 0.369 e. The smallest absolute Gasteiger partial charge is 0.0118 e. The summed E-state index contributed by atoms with van der Waals surface area (Å²) < 4.78 is 0. The normalized spacial score (nSPS) is 9.95. The van der Waals surface area contributed by atoms with Crippen LogP contribution in [0, 0.1) is 24.0 Å². The van der Waals surface area contributed by atoms with Gasteiger partial charge in [-0.1, -0.05) is 70.8 Å². The maximum Gasteiger partial charge on any atom is -0.0118 e. The first-order valence-electron chi connectivity index (χ1n) is 6.04. The van der Waals surface area contributed by atoms with Gasteiger partial charge in [-0.2, -0.15) is 0 Å². The van der Waals surface area contributed by atoms with E-state index in [4.69, 9.17) is 0 Å². The molecule has 0 unspecified atom stereocenters. The third-order valence-electron chi connectivity index (χ3n) is 3.00. The van der Waals surface area contributed by atoms with Crippen LogP contribution >= 0.6 is 0 Å². The van der Waals surface area contributed by atoms with E-state index in [-0.39, 0.29) is 6.15 Å². The van der Waals surface area contributed by atoms with Gasteiger partial charge >= 0.3 is 0 Å². The summed E-state index contributed by atoms with van der Waals surface area (Å²) in [6.07, 6.45) is 0. The maximum atomic E-state index is 10.7. The van der Waals surface area contributed by atoms with Gasteiger partial charge in [0, 0.05) is 0 Å². The van der Waals surface area contributed by atoms with Gasteiger partial charge in [-0.25, -0.2) is 0 Å². The quantitative estimate of drug-likeness (QED) is 0.662. The van der Waals surface area contributed by atoms with E-state index >= 15 is 0 Å². The van der Waals surface area contributed by atoms with Gasteiger partial charge in [0.05, 0.1) is 0 Å². The van der Waals surface area contributed by atoms with E-state index in [1.807, 2.05) is 62.4 Å². The van der Waals surface area contributed by atoms with Crippen molar-refractivity contribution in [1.82, 2.24) is 6.15 Å². The van der Waals surface area contributed by atoms with Gasteiger partial charge in [-0.3, -0.25) is 10.1 Å². The van der Waals surface area contributed by atoms with Crippen LogP contribution in [0.15, 0.2) is 48.5 Å². The number of nitro groups is 1. The molecule has 0 radical (unpaired) electrons. The van der Waals surface area contributed by atoms with E-state index in [0.29, 0.717) is 0 Å². The standard InChI is InChI=1S/C15H15N2O2.H3N/c1-11-3-7-13(8-4-11)15(16-17(18)19)14-9-5-12(2)6-10-14;/h3-10,15H,1-2H3;1H3/q-1;/p+1. The topological polar surface area (TPSA) is 93.7 Å². The molecule has 2 rings (SSSR count). The number of rotatable bonds is 4. The van der Waals surface area contributed by atoms with Gasteiger partial charge in [-0.15, -0.1) is 0 Å². The Hall–Kier alpha value is -2.40. The van der Waals surface area contributed by atoms with Gasteiger partial charge in [0.15, 0.2) is 0 Å². The summed E-state index contributed by atoms with van der Waals surface area (Å²) in [4.78, 5) is 10.7. The molecule has 5 heteroatoms. The lowest BCUT2D eigenvalue weighted by molar-refractivity contribution is -0.430. The van der Waals surface area contributed by atoms with Gasteiger partial charge in [0.25, 0.3) is 0 Å². The number of hydrogen-bond donors (Lipinski definition) is 1. The van der Waals surface area contributed by atoms with E-state index in [9.17, 15) is 10.1 Å². The van der Waals surface area contributed by atoms with Crippen molar-refractivity contribution in [2.24, 2.45) is 0 Å². The number of hydrogen-bond acceptors (Lipinski definition) is 2. The van der Waals surface area contributed by atoms with Crippen LogP contribution < -0.4 is 6.15 Å². The summed E-state index contributed by atoms with van der Waals surface area (Å²) in [6, 6.07) is 14.7. The Balaban J connectivity index is 0.00000200. The molecule has 0 saturated heterocycles. The van der Waals surface area contributed by atoms with Crippen molar-refractivity contribution >= 4 is 0 Å². The molecule has 2 aromatic rings. The molecule has 20 heavy (non-hydrogen) atoms. The average molecular weight is 273 g/mol. The molecule has 0 bridgehead atoms. The van der Waals surface area contributed by atoms with E-state index in [0.717, 1.165) is 22.3 Å². The van der Waals surface area contributed by atoms with Crippen LogP contribution in [0.1, 0.15) is 28.3 Å². The molecule has 0 aliphatic rings. The van der Waals surface area contributed by atoms with Crippen molar-refractivity contribution in [2.75, 3.05) is 0 Å². The first-order valence-corrected chi connectivity index (χ1v) is 6.04. The highest BCUT2D eigenvalue weighted by Crippen LogP contribution is 2.30. The van der Waals surface area contributed by atoms with Crippen LogP contribution in [0.25, 0.3) is 5.43 Å². The highest BCUT2D eigenvalue weighted by atomic mass is 16.7. The molecule has 106 valence electrons. The van der Waals surface area contributed by atoms with Crippen LogP contribution in [0.5, 0.6) is 0 Å². The minimum atomic E-state index is -0.621. The second kappa shape index (κ2) is 6.68. The Morgan fingerprint density at radius 1 is 0.900 bits per heavy atom. The maximum absolute atomic E-state index is 10.7. The predicted octanol–water partition coefficient (Wildman–Crippen LogP) is 4.33. The summed E-state index contributed by atoms with van der Waals surface area (Å²) in [5, 5.41) is 10.1. The third-order valence-corrected chi connectivity index (χ3v) is 3.00. The molecule has 5 nitrogen and oxygen atoms in total. The molecule has 4 N–H and O–H groups in total. The van der Waals surface area contributed by atoms with Crippen molar-refractivity contribution in [3.05, 3.63) is 86.3 Å². The second-order valence-electron chi connectivity index (χ2n) is 4.58. The summed E-state index contributed by atoms with van der Waals surface area (Å²) >= 11 is 0. The minimum absolute atomic E-state index is 0. The monoisotopic (exact) mass is 273 g/mol. The average Bonchev–Trinajstić information content (AvgIpc) is 2.38. The lowest BCUT2D eigenvalue weighted by Gasteiger charge is -2.25. The molecule has 0 aliphatic carbocycles. The van der Waals surface area contributed by atoms with Crippen LogP contribution in [0.2, 0.25) is 0 Å². The fourth-order valence-electron chi connectivity index (χ4n) is 1.92. The molecule has 0 spiro atoms. The SMILES string of the molecule is Cc1ccc(C([N-][N+](=O)[O-])c2ccc(C)cc2)cc1.[NH4+]. The number of quaternary nitrogens is 1. The molecular formula is C15H19N3O2. The van der Waals surface area contributed by atoms with E-state index in [2.05, 4.69) is 5.43 Å². The van der Waals surface area contributed by atoms with Gasteiger partial charge in [-0.05, 0) is 24.9 Å². The second-order valence-corrected chi connectivity index (χ2v) is 4.58. The Labute approximate surface area is 118 Å². The highest BCUT2D eigenvalue weighted by molar-refractivity contribution is 5.37. The number of benzene rings is 2. The molecule has 0 heterocycles. The fraction of sp³-hybridized carbons (Fsp3) is 0.200. The molecule has 0 atom stereocenters. The summed E-state index contributed by atoms with van der Waals surface area (Å²) in [5.74, 6) is 0. The zero-order chi connectivity index (χ0) is 13.8. The lowest BCUT2D eigenvalue weighted by Crippen LogP contribution is -2.05. The minimum Gasteiger partial charge on any atom is -0.369 e. The molecule has 0 aromatic heterocycles. The van der Waals surface area contributed by atoms with Crippen LogP contribution in [-0.2, 0) is 0 Å². The van der Waals surface area contributed by atoms with Crippen molar-refractivity contribution < 1.29 is 5.03 Å². The summed E-state index contributed by atoms with van der Waals surface area (Å²) in [6.45, 7) is 3.96. The van der Waals surface area contributed by atoms with Crippen LogP contribution in [-0.4, -0.2) is 5.03 Å². The van der Waals surface area contributed by atoms with Gasteiger partial charge in [0.2, 0.25) is 0 Å². The zero-order valence-electron chi connectivity index (χ0n) is 11.9. The Bertz CT molecular complexity index is 519. The Morgan fingerprint density at radius 3 is 1.55 bits per heavy atom. The predicted molar refractivity (Wildman–Crippen MR) is 80.5 cm³/mol. The Morgan fingerprint density at radius 2 is 1.25 bits per heavy atom. The fourth-order valence-corrected chi connectivity index (χ4v) is 1.92. The highest BCUT2D eigenvalue weighted by Gasteiger charge is 2.09. The van der Waals surface area contributed by atoms with Gasteiger partial charge in [0.1, 0.15) is 0 Å². The van der Waals surface area contributed by atoms with E-state index < -0.39 is 11.1 Å². The van der Waals surface area contributed by atoms with Crippen molar-refractivity contribution in [3.63, 3.8) is 0 Å². The van der Waals surface area contributed by atoms with Crippen molar-refractivity contribution in [2.45, 2.75) is 19.9 Å². The Kier molecular flexibility index (Phi) is 5.23. The van der Waals surface area contributed by atoms with E-state index in [1.165, 1.54) is 0 Å². The number of aryl methyl sites for hydroxylation is 2. The number of nitrogens with zero attached hydrogens (tertiary/aromatic N) is 2. The summed E-state index contributed by atoms with van der Waals surface area (Å²) in [7, 11) is 0. The van der Waals surface area contributed by atoms with E-state index in [1.54, 1.807) is 0 Å². The molecule has 0 saturated carbocycles. The molecular weight excluding hydrogens is 254 g/mol. The van der Waals surface area contributed by atoms with Gasteiger partial charge < -0.3 is 11.6 Å². The van der Waals surface area contributed by atoms with Crippen molar-refractivity contribution in [1.29, 1.82) is 0 Å².